The molecule has 0 N–H and O–H groups in total. The summed E-state index contributed by atoms with van der Waals surface area (Å²) >= 11 is 0. The van der Waals surface area contributed by atoms with E-state index in [2.05, 4.69) is 4.98 Å². The highest BCUT2D eigenvalue weighted by Crippen LogP contribution is 2.25. The number of hydrogen-bond donors (Lipinski definition) is 0. The van der Waals surface area contributed by atoms with Crippen LogP contribution in [-0.2, 0) is 11.3 Å². The molecule has 1 heterocycles. The van der Waals surface area contributed by atoms with Crippen LogP contribution in [0.15, 0.2) is 91.3 Å². The number of fused-ring (bicyclic) bond motifs is 1. The number of pyridine rings is 1. The lowest BCUT2D eigenvalue weighted by Crippen LogP contribution is -2.30. The first-order valence-electron chi connectivity index (χ1n) is 10.1. The molecule has 154 valence electrons. The van der Waals surface area contributed by atoms with Crippen LogP contribution in [0.25, 0.3) is 10.8 Å². The summed E-state index contributed by atoms with van der Waals surface area (Å²) in [6, 6.07) is 24.3. The molecule has 0 aliphatic rings. The fourth-order valence-corrected chi connectivity index (χ4v) is 3.50. The molecule has 4 aromatic rings. The fourth-order valence-electron chi connectivity index (χ4n) is 3.50. The number of hydrogen-bond acceptors (Lipinski definition) is 4. The maximum Gasteiger partial charge on any atom is 0.338 e. The molecule has 0 bridgehead atoms. The summed E-state index contributed by atoms with van der Waals surface area (Å²) < 4.78 is 5.06. The molecule has 0 saturated carbocycles. The van der Waals surface area contributed by atoms with Gasteiger partial charge in [0.05, 0.1) is 18.7 Å². The summed E-state index contributed by atoms with van der Waals surface area (Å²) in [5, 5.41) is 1.91. The first-order chi connectivity index (χ1) is 15.2. The molecule has 1 amide bonds. The van der Waals surface area contributed by atoms with Crippen molar-refractivity contribution in [1.82, 2.24) is 4.98 Å². The van der Waals surface area contributed by atoms with Crippen LogP contribution in [0.3, 0.4) is 0 Å². The van der Waals surface area contributed by atoms with E-state index in [0.717, 1.165) is 16.3 Å². The Labute approximate surface area is 180 Å². The van der Waals surface area contributed by atoms with Crippen molar-refractivity contribution in [3.8, 4) is 0 Å². The van der Waals surface area contributed by atoms with Crippen molar-refractivity contribution < 1.29 is 14.3 Å². The third-order valence-corrected chi connectivity index (χ3v) is 5.05. The number of aromatic nitrogens is 1. The van der Waals surface area contributed by atoms with Gasteiger partial charge in [-0.05, 0) is 65.7 Å². The summed E-state index contributed by atoms with van der Waals surface area (Å²) in [5.41, 5.74) is 2.73. The number of benzene rings is 3. The second-order valence-corrected chi connectivity index (χ2v) is 7.04. The first-order valence-corrected chi connectivity index (χ1v) is 10.1. The van der Waals surface area contributed by atoms with Gasteiger partial charge in [0, 0.05) is 23.6 Å². The predicted octanol–water partition coefficient (Wildman–Crippen LogP) is 5.26. The van der Waals surface area contributed by atoms with E-state index in [1.807, 2.05) is 54.6 Å². The zero-order valence-electron chi connectivity index (χ0n) is 17.2. The second-order valence-electron chi connectivity index (χ2n) is 7.04. The molecule has 0 aliphatic heterocycles. The number of carbonyl (C=O) groups is 2. The van der Waals surface area contributed by atoms with Crippen molar-refractivity contribution >= 4 is 28.3 Å². The van der Waals surface area contributed by atoms with Crippen LogP contribution in [-0.4, -0.2) is 23.5 Å². The molecule has 5 nitrogen and oxygen atoms in total. The third-order valence-electron chi connectivity index (χ3n) is 5.05. The minimum atomic E-state index is -0.380. The molecule has 31 heavy (non-hydrogen) atoms. The fraction of sp³-hybridized carbons (Fsp3) is 0.115. The van der Waals surface area contributed by atoms with Gasteiger partial charge >= 0.3 is 5.97 Å². The highest BCUT2D eigenvalue weighted by Gasteiger charge is 2.21. The van der Waals surface area contributed by atoms with Crippen LogP contribution in [0, 0.1) is 0 Å². The normalized spacial score (nSPS) is 10.6. The summed E-state index contributed by atoms with van der Waals surface area (Å²) in [7, 11) is 0. The highest BCUT2D eigenvalue weighted by atomic mass is 16.5. The Kier molecular flexibility index (Phi) is 6.03. The van der Waals surface area contributed by atoms with Crippen molar-refractivity contribution in [2.75, 3.05) is 11.5 Å². The van der Waals surface area contributed by atoms with E-state index in [4.69, 9.17) is 4.74 Å². The molecule has 0 aliphatic carbocycles. The van der Waals surface area contributed by atoms with Gasteiger partial charge < -0.3 is 9.64 Å². The summed E-state index contributed by atoms with van der Waals surface area (Å²) in [6.07, 6.45) is 3.42. The Morgan fingerprint density at radius 1 is 0.871 bits per heavy atom. The Balaban J connectivity index is 1.74. The first kappa shape index (κ1) is 20.3. The van der Waals surface area contributed by atoms with Crippen molar-refractivity contribution in [3.63, 3.8) is 0 Å². The minimum Gasteiger partial charge on any atom is -0.462 e. The molecule has 0 radical (unpaired) electrons. The van der Waals surface area contributed by atoms with Gasteiger partial charge in [-0.3, -0.25) is 9.78 Å². The Hall–Kier alpha value is -3.99. The lowest BCUT2D eigenvalue weighted by Gasteiger charge is -2.24. The molecule has 1 aromatic heterocycles. The summed E-state index contributed by atoms with van der Waals surface area (Å²) in [6.45, 7) is 2.46. The van der Waals surface area contributed by atoms with Gasteiger partial charge in [-0.15, -0.1) is 0 Å². The highest BCUT2D eigenvalue weighted by molar-refractivity contribution is 6.14. The van der Waals surface area contributed by atoms with Gasteiger partial charge in [0.15, 0.2) is 0 Å². The SMILES string of the molecule is CCOC(=O)c1ccc(N(Cc2ccncc2)C(=O)c2cccc3ccccc23)cc1. The Bertz CT molecular complexity index is 1200. The van der Waals surface area contributed by atoms with Gasteiger partial charge in [-0.1, -0.05) is 36.4 Å². The van der Waals surface area contributed by atoms with Gasteiger partial charge in [-0.25, -0.2) is 4.79 Å². The average molecular weight is 410 g/mol. The third kappa shape index (κ3) is 4.46. The van der Waals surface area contributed by atoms with Crippen molar-refractivity contribution in [3.05, 3.63) is 108 Å². The lowest BCUT2D eigenvalue weighted by molar-refractivity contribution is 0.0526. The van der Waals surface area contributed by atoms with E-state index in [1.165, 1.54) is 0 Å². The number of rotatable bonds is 6. The van der Waals surface area contributed by atoms with E-state index >= 15 is 0 Å². The largest absolute Gasteiger partial charge is 0.462 e. The number of nitrogens with zero attached hydrogens (tertiary/aromatic N) is 2. The summed E-state index contributed by atoms with van der Waals surface area (Å²) in [5.74, 6) is -0.493. The zero-order valence-corrected chi connectivity index (χ0v) is 17.2. The monoisotopic (exact) mass is 410 g/mol. The molecule has 0 saturated heterocycles. The molecule has 0 atom stereocenters. The van der Waals surface area contributed by atoms with Crippen LogP contribution in [0.5, 0.6) is 0 Å². The van der Waals surface area contributed by atoms with Crippen molar-refractivity contribution in [1.29, 1.82) is 0 Å². The van der Waals surface area contributed by atoms with Crippen LogP contribution in [0.1, 0.15) is 33.2 Å². The topological polar surface area (TPSA) is 59.5 Å². The van der Waals surface area contributed by atoms with E-state index in [9.17, 15) is 9.59 Å². The molecule has 0 spiro atoms. The lowest BCUT2D eigenvalue weighted by atomic mass is 10.0. The molecule has 5 heteroatoms. The number of amides is 1. The molecular weight excluding hydrogens is 388 g/mol. The molecule has 3 aromatic carbocycles. The van der Waals surface area contributed by atoms with Crippen LogP contribution in [0.4, 0.5) is 5.69 Å². The maximum absolute atomic E-state index is 13.7. The minimum absolute atomic E-state index is 0.113. The molecule has 0 unspecified atom stereocenters. The number of carbonyl (C=O) groups excluding carboxylic acids is 2. The van der Waals surface area contributed by atoms with Gasteiger partial charge in [0.25, 0.3) is 5.91 Å². The summed E-state index contributed by atoms with van der Waals surface area (Å²) in [4.78, 5) is 31.5. The van der Waals surface area contributed by atoms with Gasteiger partial charge in [0.2, 0.25) is 0 Å². The van der Waals surface area contributed by atoms with E-state index in [-0.39, 0.29) is 11.9 Å². The number of ether oxygens (including phenoxy) is 1. The standard InChI is InChI=1S/C26H22N2O3/c1-2-31-26(30)21-10-12-22(13-11-21)28(18-19-14-16-27-17-15-19)25(29)24-9-5-7-20-6-3-4-8-23(20)24/h3-17H,2,18H2,1H3. The average Bonchev–Trinajstić information content (AvgIpc) is 2.83. The smallest absolute Gasteiger partial charge is 0.338 e. The molecule has 0 fully saturated rings. The zero-order chi connectivity index (χ0) is 21.6. The predicted molar refractivity (Wildman–Crippen MR) is 121 cm³/mol. The van der Waals surface area contributed by atoms with Crippen molar-refractivity contribution in [2.45, 2.75) is 13.5 Å². The second kappa shape index (κ2) is 9.22. The van der Waals surface area contributed by atoms with E-state index in [1.54, 1.807) is 48.5 Å². The maximum atomic E-state index is 13.7. The molecule has 4 rings (SSSR count). The number of anilines is 1. The quantitative estimate of drug-likeness (QED) is 0.407. The van der Waals surface area contributed by atoms with Crippen LogP contribution < -0.4 is 4.90 Å². The molecular formula is C26H22N2O3. The Morgan fingerprint density at radius 3 is 2.32 bits per heavy atom. The van der Waals surface area contributed by atoms with Gasteiger partial charge in [0.1, 0.15) is 0 Å². The van der Waals surface area contributed by atoms with Crippen LogP contribution >= 0.6 is 0 Å². The Morgan fingerprint density at radius 2 is 1.58 bits per heavy atom. The number of esters is 1. The van der Waals surface area contributed by atoms with Crippen LogP contribution in [0.2, 0.25) is 0 Å². The van der Waals surface area contributed by atoms with E-state index in [0.29, 0.717) is 30.0 Å². The van der Waals surface area contributed by atoms with Crippen molar-refractivity contribution in [2.24, 2.45) is 0 Å². The van der Waals surface area contributed by atoms with E-state index < -0.39 is 0 Å². The van der Waals surface area contributed by atoms with Gasteiger partial charge in [-0.2, -0.15) is 0 Å².